The zero-order chi connectivity index (χ0) is 28.3. The average molecular weight is 615 g/mol. The second-order valence-electron chi connectivity index (χ2n) is 9.41. The molecule has 2 aromatic carbocycles. The van der Waals surface area contributed by atoms with Crippen molar-refractivity contribution in [2.45, 2.75) is 34.3 Å². The van der Waals surface area contributed by atoms with Crippen LogP contribution in [-0.2, 0) is 19.8 Å². The van der Waals surface area contributed by atoms with E-state index in [1.165, 1.54) is 16.0 Å². The van der Waals surface area contributed by atoms with E-state index in [1.54, 1.807) is 21.6 Å². The molecule has 0 unspecified atom stereocenters. The van der Waals surface area contributed by atoms with Crippen molar-refractivity contribution < 1.29 is 0 Å². The molecular weight excluding hydrogens is 585 g/mol. The molecule has 0 bridgehead atoms. The van der Waals surface area contributed by atoms with Gasteiger partial charge in [0.15, 0.2) is 11.3 Å². The number of benzene rings is 2. The van der Waals surface area contributed by atoms with Gasteiger partial charge in [-0.15, -0.1) is 11.8 Å². The minimum absolute atomic E-state index is 0.882. The highest BCUT2D eigenvalue weighted by atomic mass is 33.1. The van der Waals surface area contributed by atoms with E-state index in [2.05, 4.69) is 83.6 Å². The number of aryl methyl sites for hydroxylation is 2. The van der Waals surface area contributed by atoms with Crippen LogP contribution in [0.15, 0.2) is 87.7 Å². The molecule has 0 amide bonds. The molecule has 0 fully saturated rings. The molecule has 10 heteroatoms. The van der Waals surface area contributed by atoms with Crippen molar-refractivity contribution in [2.24, 2.45) is 14.1 Å². The monoisotopic (exact) mass is 614 g/mol. The predicted molar refractivity (Wildman–Crippen MR) is 178 cm³/mol. The smallest absolute Gasteiger partial charge is 0.160 e. The number of hydrogen-bond donors (Lipinski definition) is 0. The summed E-state index contributed by atoms with van der Waals surface area (Å²) in [5, 5.41) is 0. The van der Waals surface area contributed by atoms with Gasteiger partial charge in [0, 0.05) is 58.1 Å². The molecule has 0 aliphatic heterocycles. The van der Waals surface area contributed by atoms with Gasteiger partial charge in [-0.3, -0.25) is 0 Å². The minimum atomic E-state index is 0.882. The highest BCUT2D eigenvalue weighted by molar-refractivity contribution is 8.76. The Labute approximate surface area is 256 Å². The zero-order valence-corrected chi connectivity index (χ0v) is 26.6. The van der Waals surface area contributed by atoms with Crippen molar-refractivity contribution in [2.75, 3.05) is 11.5 Å². The topological polar surface area (TPSA) is 61.4 Å². The van der Waals surface area contributed by atoms with E-state index in [4.69, 9.17) is 19.9 Å². The van der Waals surface area contributed by atoms with E-state index in [1.807, 2.05) is 50.0 Å². The maximum atomic E-state index is 5.01. The molecule has 0 aliphatic carbocycles. The number of aromatic nitrogens is 6. The van der Waals surface area contributed by atoms with E-state index in [0.717, 1.165) is 66.6 Å². The lowest BCUT2D eigenvalue weighted by Crippen LogP contribution is -1.97. The normalized spacial score (nSPS) is 11.6. The SMILES string of the molecule is CCSCc1ccccc1-c1nc2cc(SSc3cnc4c(c3)nc(-c3ccccc3SCC)n4C)cnc2n1C. The van der Waals surface area contributed by atoms with Gasteiger partial charge in [0.25, 0.3) is 0 Å². The summed E-state index contributed by atoms with van der Waals surface area (Å²) in [5.74, 6) is 4.97. The quantitative estimate of drug-likeness (QED) is 0.112. The fourth-order valence-electron chi connectivity index (χ4n) is 4.79. The summed E-state index contributed by atoms with van der Waals surface area (Å²) < 4.78 is 4.18. The van der Waals surface area contributed by atoms with Crippen LogP contribution in [0.25, 0.3) is 45.1 Å². The van der Waals surface area contributed by atoms with E-state index in [9.17, 15) is 0 Å². The summed E-state index contributed by atoms with van der Waals surface area (Å²) in [7, 11) is 7.41. The van der Waals surface area contributed by atoms with Gasteiger partial charge in [-0.05, 0) is 35.3 Å². The molecule has 4 aromatic heterocycles. The molecule has 41 heavy (non-hydrogen) atoms. The van der Waals surface area contributed by atoms with Gasteiger partial charge in [0.1, 0.15) is 22.7 Å². The lowest BCUT2D eigenvalue weighted by atomic mass is 10.1. The Balaban J connectivity index is 1.24. The summed E-state index contributed by atoms with van der Waals surface area (Å²) in [4.78, 5) is 22.9. The van der Waals surface area contributed by atoms with Crippen LogP contribution in [0.1, 0.15) is 19.4 Å². The van der Waals surface area contributed by atoms with Crippen molar-refractivity contribution in [1.82, 2.24) is 29.1 Å². The third-order valence-electron chi connectivity index (χ3n) is 6.75. The molecule has 6 rings (SSSR count). The molecule has 0 saturated carbocycles. The van der Waals surface area contributed by atoms with Crippen molar-refractivity contribution >= 4 is 67.4 Å². The van der Waals surface area contributed by atoms with Crippen molar-refractivity contribution in [3.63, 3.8) is 0 Å². The highest BCUT2D eigenvalue weighted by Gasteiger charge is 2.17. The highest BCUT2D eigenvalue weighted by Crippen LogP contribution is 2.39. The van der Waals surface area contributed by atoms with Crippen LogP contribution < -0.4 is 0 Å². The fraction of sp³-hybridized carbons (Fsp3) is 0.226. The van der Waals surface area contributed by atoms with E-state index >= 15 is 0 Å². The summed E-state index contributed by atoms with van der Waals surface area (Å²) >= 11 is 3.76. The first kappa shape index (κ1) is 28.2. The first-order valence-corrected chi connectivity index (χ1v) is 17.7. The van der Waals surface area contributed by atoms with Crippen LogP contribution in [0.3, 0.4) is 0 Å². The van der Waals surface area contributed by atoms with Crippen LogP contribution >= 0.6 is 45.1 Å². The Morgan fingerprint density at radius 3 is 1.85 bits per heavy atom. The predicted octanol–water partition coefficient (Wildman–Crippen LogP) is 8.75. The number of hydrogen-bond acceptors (Lipinski definition) is 8. The first-order valence-electron chi connectivity index (χ1n) is 13.4. The van der Waals surface area contributed by atoms with Gasteiger partial charge in [-0.25, -0.2) is 19.9 Å². The van der Waals surface area contributed by atoms with Gasteiger partial charge in [0.2, 0.25) is 0 Å². The standard InChI is InChI=1S/C31H30N6S4/c1-5-38-19-20-11-7-8-12-23(20)28-34-25-15-21(17-32-30(25)36(28)3)40-41-22-16-26-31(33-18-22)37(4)29(35-26)24-13-9-10-14-27(24)39-6-2/h7-18H,5-6,19H2,1-4H3. The van der Waals surface area contributed by atoms with Crippen LogP contribution in [0.5, 0.6) is 0 Å². The summed E-state index contributed by atoms with van der Waals surface area (Å²) in [6.07, 6.45) is 3.85. The second-order valence-corrected chi connectivity index (χ2v) is 14.3. The zero-order valence-electron chi connectivity index (χ0n) is 23.4. The summed E-state index contributed by atoms with van der Waals surface area (Å²) in [6, 6.07) is 21.2. The van der Waals surface area contributed by atoms with Gasteiger partial charge in [-0.2, -0.15) is 11.8 Å². The van der Waals surface area contributed by atoms with Crippen molar-refractivity contribution in [3.8, 4) is 22.8 Å². The molecule has 208 valence electrons. The molecule has 0 radical (unpaired) electrons. The minimum Gasteiger partial charge on any atom is -0.312 e. The van der Waals surface area contributed by atoms with Crippen molar-refractivity contribution in [1.29, 1.82) is 0 Å². The molecule has 0 atom stereocenters. The molecular formula is C31H30N6S4. The lowest BCUT2D eigenvalue weighted by molar-refractivity contribution is 0.936. The van der Waals surface area contributed by atoms with Gasteiger partial charge >= 0.3 is 0 Å². The third-order valence-corrected chi connectivity index (χ3v) is 10.9. The fourth-order valence-corrected chi connectivity index (χ4v) is 8.10. The molecule has 4 heterocycles. The Hall–Kier alpha value is -2.92. The first-order chi connectivity index (χ1) is 20.1. The lowest BCUT2D eigenvalue weighted by Gasteiger charge is -2.08. The number of pyridine rings is 2. The Morgan fingerprint density at radius 1 is 0.683 bits per heavy atom. The Bertz CT molecular complexity index is 1840. The molecule has 0 N–H and O–H groups in total. The third kappa shape index (κ3) is 5.75. The summed E-state index contributed by atoms with van der Waals surface area (Å²) in [5.41, 5.74) is 7.18. The molecule has 6 nitrogen and oxygen atoms in total. The maximum absolute atomic E-state index is 5.01. The van der Waals surface area contributed by atoms with Gasteiger partial charge in [-0.1, -0.05) is 77.9 Å². The molecule has 0 spiro atoms. The van der Waals surface area contributed by atoms with Gasteiger partial charge < -0.3 is 9.13 Å². The Morgan fingerprint density at radius 2 is 1.24 bits per heavy atom. The van der Waals surface area contributed by atoms with Crippen LogP contribution in [0, 0.1) is 0 Å². The number of rotatable bonds is 10. The van der Waals surface area contributed by atoms with E-state index in [-0.39, 0.29) is 0 Å². The van der Waals surface area contributed by atoms with E-state index < -0.39 is 0 Å². The van der Waals surface area contributed by atoms with Crippen molar-refractivity contribution in [3.05, 3.63) is 78.6 Å². The number of fused-ring (bicyclic) bond motifs is 2. The van der Waals surface area contributed by atoms with Crippen LogP contribution in [0.2, 0.25) is 0 Å². The number of imidazole rings is 2. The second kappa shape index (κ2) is 12.5. The maximum Gasteiger partial charge on any atom is 0.160 e. The Kier molecular flexibility index (Phi) is 8.62. The molecule has 6 aromatic rings. The molecule has 0 aliphatic rings. The van der Waals surface area contributed by atoms with Gasteiger partial charge in [0.05, 0.1) is 0 Å². The van der Waals surface area contributed by atoms with Crippen LogP contribution in [0.4, 0.5) is 0 Å². The molecule has 0 saturated heterocycles. The number of nitrogens with zero attached hydrogens (tertiary/aromatic N) is 6. The number of thioether (sulfide) groups is 2. The average Bonchev–Trinajstić information content (AvgIpc) is 3.51. The van der Waals surface area contributed by atoms with E-state index in [0.29, 0.717) is 0 Å². The summed E-state index contributed by atoms with van der Waals surface area (Å²) in [6.45, 7) is 4.37. The largest absolute Gasteiger partial charge is 0.312 e. The van der Waals surface area contributed by atoms with Crippen LogP contribution in [-0.4, -0.2) is 40.6 Å².